The Balaban J connectivity index is 2.37. The van der Waals surface area contributed by atoms with E-state index in [9.17, 15) is 0 Å². The molecule has 23 heavy (non-hydrogen) atoms. The number of aromatic nitrogens is 2. The molecule has 4 nitrogen and oxygen atoms in total. The van der Waals surface area contributed by atoms with E-state index in [0.717, 1.165) is 34.9 Å². The number of methoxy groups -OCH3 is 1. The molecule has 2 rings (SSSR count). The van der Waals surface area contributed by atoms with Crippen molar-refractivity contribution < 1.29 is 4.74 Å². The molecule has 0 aliphatic carbocycles. The van der Waals surface area contributed by atoms with E-state index in [1.165, 1.54) is 0 Å². The van der Waals surface area contributed by atoms with Crippen molar-refractivity contribution in [2.24, 2.45) is 0 Å². The van der Waals surface area contributed by atoms with E-state index in [2.05, 4.69) is 22.2 Å². The molecule has 2 aromatic rings. The van der Waals surface area contributed by atoms with Gasteiger partial charge in [0.25, 0.3) is 0 Å². The van der Waals surface area contributed by atoms with Crippen LogP contribution in [0.2, 0.25) is 10.0 Å². The van der Waals surface area contributed by atoms with Crippen molar-refractivity contribution in [1.82, 2.24) is 9.97 Å². The Kier molecular flexibility index (Phi) is 6.22. The maximum atomic E-state index is 6.29. The van der Waals surface area contributed by atoms with Gasteiger partial charge in [-0.3, -0.25) is 0 Å². The van der Waals surface area contributed by atoms with Crippen LogP contribution in [0.15, 0.2) is 18.2 Å². The summed E-state index contributed by atoms with van der Waals surface area (Å²) in [6, 6.07) is 5.59. The summed E-state index contributed by atoms with van der Waals surface area (Å²) in [7, 11) is 1.69. The Bertz CT molecular complexity index is 692. The predicted molar refractivity (Wildman–Crippen MR) is 96.5 cm³/mol. The van der Waals surface area contributed by atoms with Gasteiger partial charge in [-0.25, -0.2) is 9.97 Å². The normalized spacial score (nSPS) is 12.3. The van der Waals surface area contributed by atoms with Gasteiger partial charge in [-0.05, 0) is 38.5 Å². The Labute approximate surface area is 147 Å². The molecule has 0 bridgehead atoms. The van der Waals surface area contributed by atoms with Gasteiger partial charge in [0.2, 0.25) is 0 Å². The maximum absolute atomic E-state index is 6.29. The van der Waals surface area contributed by atoms with E-state index in [4.69, 9.17) is 27.9 Å². The molecule has 1 N–H and O–H groups in total. The minimum absolute atomic E-state index is 0.206. The highest BCUT2D eigenvalue weighted by atomic mass is 35.5. The first kappa shape index (κ1) is 18.0. The van der Waals surface area contributed by atoms with Crippen LogP contribution in [0.4, 0.5) is 5.82 Å². The highest BCUT2D eigenvalue weighted by Crippen LogP contribution is 2.31. The maximum Gasteiger partial charge on any atom is 0.148 e. The quantitative estimate of drug-likeness (QED) is 0.801. The van der Waals surface area contributed by atoms with Gasteiger partial charge < -0.3 is 10.1 Å². The molecule has 0 radical (unpaired) electrons. The molecule has 0 saturated carbocycles. The number of rotatable bonds is 6. The van der Waals surface area contributed by atoms with Gasteiger partial charge in [0, 0.05) is 17.7 Å². The first-order valence-electron chi connectivity index (χ1n) is 7.52. The second kappa shape index (κ2) is 7.95. The minimum Gasteiger partial charge on any atom is -0.383 e. The first-order valence-corrected chi connectivity index (χ1v) is 8.28. The van der Waals surface area contributed by atoms with Crippen molar-refractivity contribution in [2.75, 3.05) is 19.0 Å². The van der Waals surface area contributed by atoms with Crippen LogP contribution in [-0.2, 0) is 4.74 Å². The van der Waals surface area contributed by atoms with Crippen LogP contribution in [0, 0.1) is 13.8 Å². The van der Waals surface area contributed by atoms with Gasteiger partial charge >= 0.3 is 0 Å². The predicted octanol–water partition coefficient (Wildman–Crippen LogP) is 4.90. The summed E-state index contributed by atoms with van der Waals surface area (Å²) >= 11 is 12.3. The molecule has 1 atom stereocenters. The molecular formula is C17H21Cl2N3O. The minimum atomic E-state index is 0.206. The molecule has 0 aliphatic heterocycles. The molecule has 0 spiro atoms. The average molecular weight is 354 g/mol. The van der Waals surface area contributed by atoms with E-state index in [0.29, 0.717) is 16.7 Å². The molecule has 6 heteroatoms. The first-order chi connectivity index (χ1) is 11.0. The van der Waals surface area contributed by atoms with Crippen molar-refractivity contribution in [1.29, 1.82) is 0 Å². The summed E-state index contributed by atoms with van der Waals surface area (Å²) in [5.41, 5.74) is 3.25. The van der Waals surface area contributed by atoms with Gasteiger partial charge in [0.05, 0.1) is 34.8 Å². The SMILES string of the molecule is CCC(COC)Nc1nc(C)c(-c2ccc(Cl)cc2Cl)nc1C. The van der Waals surface area contributed by atoms with E-state index in [-0.39, 0.29) is 6.04 Å². The van der Waals surface area contributed by atoms with Gasteiger partial charge in [-0.1, -0.05) is 30.1 Å². The van der Waals surface area contributed by atoms with Gasteiger partial charge in [-0.2, -0.15) is 0 Å². The number of hydrogen-bond donors (Lipinski definition) is 1. The zero-order valence-corrected chi connectivity index (χ0v) is 15.3. The summed E-state index contributed by atoms with van der Waals surface area (Å²) < 4.78 is 5.22. The highest BCUT2D eigenvalue weighted by Gasteiger charge is 2.15. The fraction of sp³-hybridized carbons (Fsp3) is 0.412. The largest absolute Gasteiger partial charge is 0.383 e. The number of nitrogens with zero attached hydrogens (tertiary/aromatic N) is 2. The Morgan fingerprint density at radius 3 is 2.52 bits per heavy atom. The van der Waals surface area contributed by atoms with E-state index < -0.39 is 0 Å². The van der Waals surface area contributed by atoms with Crippen molar-refractivity contribution >= 4 is 29.0 Å². The van der Waals surface area contributed by atoms with Crippen LogP contribution >= 0.6 is 23.2 Å². The van der Waals surface area contributed by atoms with Gasteiger partial charge in [0.1, 0.15) is 5.82 Å². The molecule has 0 amide bonds. The van der Waals surface area contributed by atoms with Crippen molar-refractivity contribution in [2.45, 2.75) is 33.2 Å². The number of nitrogens with one attached hydrogen (secondary N) is 1. The molecule has 0 fully saturated rings. The third-order valence-electron chi connectivity index (χ3n) is 3.63. The molecule has 1 unspecified atom stereocenters. The fourth-order valence-electron chi connectivity index (χ4n) is 2.33. The zero-order chi connectivity index (χ0) is 17.0. The van der Waals surface area contributed by atoms with Crippen molar-refractivity contribution in [3.63, 3.8) is 0 Å². The van der Waals surface area contributed by atoms with E-state index in [1.807, 2.05) is 19.9 Å². The molecule has 1 aromatic carbocycles. The Hall–Kier alpha value is -1.36. The Morgan fingerprint density at radius 2 is 1.91 bits per heavy atom. The lowest BCUT2D eigenvalue weighted by Crippen LogP contribution is -2.25. The van der Waals surface area contributed by atoms with Crippen LogP contribution < -0.4 is 5.32 Å². The topological polar surface area (TPSA) is 47.0 Å². The zero-order valence-electron chi connectivity index (χ0n) is 13.8. The molecule has 1 aromatic heterocycles. The Morgan fingerprint density at radius 1 is 1.17 bits per heavy atom. The van der Waals surface area contributed by atoms with E-state index >= 15 is 0 Å². The molecular weight excluding hydrogens is 333 g/mol. The van der Waals surface area contributed by atoms with Crippen LogP contribution in [0.3, 0.4) is 0 Å². The smallest absolute Gasteiger partial charge is 0.148 e. The number of ether oxygens (including phenoxy) is 1. The third-order valence-corrected chi connectivity index (χ3v) is 4.18. The number of benzene rings is 1. The number of halogens is 2. The summed E-state index contributed by atoms with van der Waals surface area (Å²) in [5, 5.41) is 4.56. The lowest BCUT2D eigenvalue weighted by molar-refractivity contribution is 0.184. The van der Waals surface area contributed by atoms with Crippen LogP contribution in [0.5, 0.6) is 0 Å². The summed E-state index contributed by atoms with van der Waals surface area (Å²) in [4.78, 5) is 9.35. The van der Waals surface area contributed by atoms with Crippen LogP contribution in [0.25, 0.3) is 11.3 Å². The van der Waals surface area contributed by atoms with Crippen molar-refractivity contribution in [3.8, 4) is 11.3 Å². The molecule has 1 heterocycles. The lowest BCUT2D eigenvalue weighted by Gasteiger charge is -2.19. The highest BCUT2D eigenvalue weighted by molar-refractivity contribution is 6.36. The number of hydrogen-bond acceptors (Lipinski definition) is 4. The van der Waals surface area contributed by atoms with Crippen LogP contribution in [0.1, 0.15) is 24.7 Å². The fourth-order valence-corrected chi connectivity index (χ4v) is 2.83. The second-order valence-electron chi connectivity index (χ2n) is 5.42. The second-order valence-corrected chi connectivity index (χ2v) is 6.26. The van der Waals surface area contributed by atoms with Crippen LogP contribution in [-0.4, -0.2) is 29.7 Å². The molecule has 0 aliphatic rings. The summed E-state index contributed by atoms with van der Waals surface area (Å²) in [6.45, 7) is 6.59. The monoisotopic (exact) mass is 353 g/mol. The average Bonchev–Trinajstić information content (AvgIpc) is 2.50. The summed E-state index contributed by atoms with van der Waals surface area (Å²) in [6.07, 6.45) is 0.943. The molecule has 124 valence electrons. The van der Waals surface area contributed by atoms with Crippen molar-refractivity contribution in [3.05, 3.63) is 39.6 Å². The summed E-state index contributed by atoms with van der Waals surface area (Å²) in [5.74, 6) is 0.778. The van der Waals surface area contributed by atoms with Gasteiger partial charge in [0.15, 0.2) is 0 Å². The molecule has 0 saturated heterocycles. The lowest BCUT2D eigenvalue weighted by atomic mass is 10.1. The van der Waals surface area contributed by atoms with E-state index in [1.54, 1.807) is 19.2 Å². The third kappa shape index (κ3) is 4.34. The standard InChI is InChI=1S/C17H21Cl2N3O/c1-5-13(9-23-4)22-17-11(3)20-16(10(2)21-17)14-7-6-12(18)8-15(14)19/h6-8,13H,5,9H2,1-4H3,(H,21,22). The number of anilines is 1. The van der Waals surface area contributed by atoms with Gasteiger partial charge in [-0.15, -0.1) is 0 Å². The number of aryl methyl sites for hydroxylation is 2.